The fraction of sp³-hybridized carbons (Fsp3) is 0.0909. The maximum absolute atomic E-state index is 12.0. The van der Waals surface area contributed by atoms with Gasteiger partial charge in [0.1, 0.15) is 4.90 Å². The lowest BCUT2D eigenvalue weighted by atomic mass is 10.2. The van der Waals surface area contributed by atoms with E-state index in [1.807, 2.05) is 0 Å². The van der Waals surface area contributed by atoms with Gasteiger partial charge in [0, 0.05) is 6.20 Å². The number of esters is 1. The van der Waals surface area contributed by atoms with Crippen molar-refractivity contribution in [3.8, 4) is 0 Å². The molecule has 0 aliphatic heterocycles. The summed E-state index contributed by atoms with van der Waals surface area (Å²) >= 11 is 0. The fourth-order valence-electron chi connectivity index (χ4n) is 1.45. The minimum absolute atomic E-state index is 0.0211. The molecule has 0 saturated carbocycles. The smallest absolute Gasteiger partial charge is 0.339 e. The van der Waals surface area contributed by atoms with E-state index >= 15 is 0 Å². The number of carbonyl (C=O) groups is 1. The molecule has 2 aromatic rings. The number of methoxy groups -OCH3 is 1. The molecule has 0 fully saturated rings. The zero-order chi connectivity index (χ0) is 13.9. The maximum Gasteiger partial charge on any atom is 0.339 e. The lowest BCUT2D eigenvalue weighted by molar-refractivity contribution is 0.0602. The molecule has 0 aliphatic carbocycles. The number of aromatic amines is 1. The standard InChI is InChI=1S/C11H11N3O4S/c1-18-11(15)9-4-2-3-5-10(9)14-19(16,17)8-6-12-13-7-8/h2-7,14H,1H3,(H,12,13). The highest BCUT2D eigenvalue weighted by Crippen LogP contribution is 2.20. The molecule has 2 N–H and O–H groups in total. The first-order chi connectivity index (χ1) is 9.04. The van der Waals surface area contributed by atoms with Gasteiger partial charge in [0.15, 0.2) is 0 Å². The molecule has 8 heteroatoms. The fourth-order valence-corrected chi connectivity index (χ4v) is 2.43. The second-order valence-electron chi connectivity index (χ2n) is 3.58. The lowest BCUT2D eigenvalue weighted by Crippen LogP contribution is -2.15. The van der Waals surface area contributed by atoms with E-state index in [1.54, 1.807) is 12.1 Å². The van der Waals surface area contributed by atoms with Crippen molar-refractivity contribution in [1.29, 1.82) is 0 Å². The Balaban J connectivity index is 2.37. The van der Waals surface area contributed by atoms with E-state index in [1.165, 1.54) is 31.6 Å². The largest absolute Gasteiger partial charge is 0.465 e. The summed E-state index contributed by atoms with van der Waals surface area (Å²) in [5.74, 6) is -0.620. The molecule has 0 aliphatic rings. The molecule has 0 amide bonds. The van der Waals surface area contributed by atoms with E-state index in [4.69, 9.17) is 0 Å². The number of para-hydroxylation sites is 1. The molecule has 19 heavy (non-hydrogen) atoms. The minimum atomic E-state index is -3.79. The number of hydrogen-bond donors (Lipinski definition) is 2. The number of hydrogen-bond acceptors (Lipinski definition) is 5. The Morgan fingerprint density at radius 3 is 2.74 bits per heavy atom. The minimum Gasteiger partial charge on any atom is -0.465 e. The molecular weight excluding hydrogens is 270 g/mol. The SMILES string of the molecule is COC(=O)c1ccccc1NS(=O)(=O)c1cn[nH]c1. The first-order valence-corrected chi connectivity index (χ1v) is 6.72. The van der Waals surface area contributed by atoms with Crippen molar-refractivity contribution in [2.75, 3.05) is 11.8 Å². The van der Waals surface area contributed by atoms with Crippen LogP contribution in [0.25, 0.3) is 0 Å². The van der Waals surface area contributed by atoms with Crippen molar-refractivity contribution in [3.05, 3.63) is 42.2 Å². The van der Waals surface area contributed by atoms with Crippen LogP contribution in [0.5, 0.6) is 0 Å². The summed E-state index contributed by atoms with van der Waals surface area (Å²) in [6.45, 7) is 0. The molecule has 0 unspecified atom stereocenters. The van der Waals surface area contributed by atoms with Gasteiger partial charge in [-0.2, -0.15) is 5.10 Å². The topological polar surface area (TPSA) is 101 Å². The number of aromatic nitrogens is 2. The Kier molecular flexibility index (Phi) is 3.52. The zero-order valence-electron chi connectivity index (χ0n) is 9.95. The number of rotatable bonds is 4. The van der Waals surface area contributed by atoms with Crippen molar-refractivity contribution in [1.82, 2.24) is 10.2 Å². The molecule has 100 valence electrons. The Morgan fingerprint density at radius 1 is 1.37 bits per heavy atom. The van der Waals surface area contributed by atoms with Crippen molar-refractivity contribution < 1.29 is 17.9 Å². The molecule has 1 heterocycles. The monoisotopic (exact) mass is 281 g/mol. The number of nitrogens with one attached hydrogen (secondary N) is 2. The maximum atomic E-state index is 12.0. The Bertz CT molecular complexity index is 680. The van der Waals surface area contributed by atoms with Crippen LogP contribution in [0.1, 0.15) is 10.4 Å². The van der Waals surface area contributed by atoms with E-state index < -0.39 is 16.0 Å². The molecule has 0 radical (unpaired) electrons. The first-order valence-electron chi connectivity index (χ1n) is 5.23. The number of H-pyrrole nitrogens is 1. The van der Waals surface area contributed by atoms with Gasteiger partial charge in [-0.15, -0.1) is 0 Å². The Labute approximate surface area is 109 Å². The van der Waals surface area contributed by atoms with Crippen LogP contribution in [-0.4, -0.2) is 31.7 Å². The Hall–Kier alpha value is -2.35. The number of carbonyl (C=O) groups excluding carboxylic acids is 1. The van der Waals surface area contributed by atoms with Gasteiger partial charge in [0.05, 0.1) is 24.6 Å². The average molecular weight is 281 g/mol. The van der Waals surface area contributed by atoms with Gasteiger partial charge in [0.25, 0.3) is 10.0 Å². The summed E-state index contributed by atoms with van der Waals surface area (Å²) in [5.41, 5.74) is 0.285. The summed E-state index contributed by atoms with van der Waals surface area (Å²) in [6, 6.07) is 6.17. The van der Waals surface area contributed by atoms with Crippen LogP contribution in [0.4, 0.5) is 5.69 Å². The summed E-state index contributed by atoms with van der Waals surface area (Å²) in [6.07, 6.45) is 2.41. The molecule has 7 nitrogen and oxygen atoms in total. The quantitative estimate of drug-likeness (QED) is 0.814. The number of ether oxygens (including phenoxy) is 1. The summed E-state index contributed by atoms with van der Waals surface area (Å²) in [4.78, 5) is 11.5. The molecule has 2 rings (SSSR count). The zero-order valence-corrected chi connectivity index (χ0v) is 10.8. The van der Waals surface area contributed by atoms with Gasteiger partial charge in [-0.25, -0.2) is 13.2 Å². The lowest BCUT2D eigenvalue weighted by Gasteiger charge is -2.09. The number of sulfonamides is 1. The second-order valence-corrected chi connectivity index (χ2v) is 5.26. The van der Waals surface area contributed by atoms with Crippen LogP contribution in [0, 0.1) is 0 Å². The van der Waals surface area contributed by atoms with E-state index in [0.717, 1.165) is 0 Å². The molecule has 0 saturated heterocycles. The summed E-state index contributed by atoms with van der Waals surface area (Å²) < 4.78 is 30.9. The third-order valence-electron chi connectivity index (χ3n) is 2.36. The van der Waals surface area contributed by atoms with E-state index in [-0.39, 0.29) is 16.1 Å². The van der Waals surface area contributed by atoms with Crippen molar-refractivity contribution >= 4 is 21.7 Å². The van der Waals surface area contributed by atoms with E-state index in [2.05, 4.69) is 19.7 Å². The van der Waals surface area contributed by atoms with Crippen LogP contribution in [0.15, 0.2) is 41.6 Å². The summed E-state index contributed by atoms with van der Waals surface area (Å²) in [7, 11) is -2.56. The van der Waals surface area contributed by atoms with Crippen LogP contribution in [0.2, 0.25) is 0 Å². The number of benzene rings is 1. The number of anilines is 1. The molecule has 1 aromatic carbocycles. The average Bonchev–Trinajstić information content (AvgIpc) is 2.93. The van der Waals surface area contributed by atoms with Gasteiger partial charge in [-0.3, -0.25) is 9.82 Å². The van der Waals surface area contributed by atoms with Gasteiger partial charge in [0.2, 0.25) is 0 Å². The van der Waals surface area contributed by atoms with Crippen LogP contribution < -0.4 is 4.72 Å². The van der Waals surface area contributed by atoms with Gasteiger partial charge in [-0.1, -0.05) is 12.1 Å². The second kappa shape index (κ2) is 5.11. The van der Waals surface area contributed by atoms with Crippen molar-refractivity contribution in [3.63, 3.8) is 0 Å². The molecule has 0 spiro atoms. The highest BCUT2D eigenvalue weighted by molar-refractivity contribution is 7.92. The molecule has 1 aromatic heterocycles. The third-order valence-corrected chi connectivity index (χ3v) is 3.69. The van der Waals surface area contributed by atoms with Crippen molar-refractivity contribution in [2.24, 2.45) is 0 Å². The molecule has 0 bridgehead atoms. The molecule has 0 atom stereocenters. The predicted octanol–water partition coefficient (Wildman–Crippen LogP) is 0.997. The Morgan fingerprint density at radius 2 is 2.11 bits per heavy atom. The van der Waals surface area contributed by atoms with E-state index in [9.17, 15) is 13.2 Å². The van der Waals surface area contributed by atoms with Crippen LogP contribution >= 0.6 is 0 Å². The van der Waals surface area contributed by atoms with E-state index in [0.29, 0.717) is 0 Å². The van der Waals surface area contributed by atoms with Crippen LogP contribution in [0.3, 0.4) is 0 Å². The summed E-state index contributed by atoms with van der Waals surface area (Å²) in [5, 5.41) is 5.98. The van der Waals surface area contributed by atoms with Crippen molar-refractivity contribution in [2.45, 2.75) is 4.90 Å². The predicted molar refractivity (Wildman–Crippen MR) is 67.2 cm³/mol. The highest BCUT2D eigenvalue weighted by Gasteiger charge is 2.19. The third kappa shape index (κ3) is 2.74. The first kappa shape index (κ1) is 13.1. The van der Waals surface area contributed by atoms with Crippen LogP contribution in [-0.2, 0) is 14.8 Å². The van der Waals surface area contributed by atoms with Gasteiger partial charge >= 0.3 is 5.97 Å². The van der Waals surface area contributed by atoms with Gasteiger partial charge in [-0.05, 0) is 12.1 Å². The number of nitrogens with zero attached hydrogens (tertiary/aromatic N) is 1. The normalized spacial score (nSPS) is 11.0. The van der Waals surface area contributed by atoms with Gasteiger partial charge < -0.3 is 4.74 Å². The molecular formula is C11H11N3O4S. The highest BCUT2D eigenvalue weighted by atomic mass is 32.2.